The molecule has 1 heterocycles. The zero-order valence-corrected chi connectivity index (χ0v) is 16.5. The van der Waals surface area contributed by atoms with Crippen molar-refractivity contribution in [1.82, 2.24) is 4.98 Å². The van der Waals surface area contributed by atoms with Gasteiger partial charge in [-0.05, 0) is 43.7 Å². The molecule has 0 atom stereocenters. The fourth-order valence-corrected chi connectivity index (χ4v) is 4.43. The fourth-order valence-electron chi connectivity index (χ4n) is 2.49. The van der Waals surface area contributed by atoms with E-state index < -0.39 is 0 Å². The minimum Gasteiger partial charge on any atom is -0.493 e. The second-order valence-corrected chi connectivity index (χ2v) is 7.65. The minimum atomic E-state index is 0.724. The molecule has 0 aliphatic carbocycles. The van der Waals surface area contributed by atoms with E-state index in [1.807, 2.05) is 30.0 Å². The number of nitrogens with zero attached hydrogens (tertiary/aromatic N) is 1. The van der Waals surface area contributed by atoms with E-state index in [0.29, 0.717) is 0 Å². The third-order valence-electron chi connectivity index (χ3n) is 3.90. The molecule has 0 bridgehead atoms. The highest BCUT2D eigenvalue weighted by molar-refractivity contribution is 7.98. The minimum absolute atomic E-state index is 0.724. The van der Waals surface area contributed by atoms with Gasteiger partial charge >= 0.3 is 0 Å². The van der Waals surface area contributed by atoms with Crippen molar-refractivity contribution in [1.29, 1.82) is 0 Å². The summed E-state index contributed by atoms with van der Waals surface area (Å²) < 4.78 is 10.7. The van der Waals surface area contributed by atoms with Crippen molar-refractivity contribution in [3.8, 4) is 22.1 Å². The maximum atomic E-state index is 5.38. The van der Waals surface area contributed by atoms with Crippen molar-refractivity contribution in [2.45, 2.75) is 24.5 Å². The lowest BCUT2D eigenvalue weighted by Gasteiger charge is -2.08. The van der Waals surface area contributed by atoms with Gasteiger partial charge in [-0.1, -0.05) is 17.7 Å². The van der Waals surface area contributed by atoms with Gasteiger partial charge < -0.3 is 9.47 Å². The van der Waals surface area contributed by atoms with Crippen LogP contribution in [0, 0.1) is 13.8 Å². The van der Waals surface area contributed by atoms with E-state index in [1.165, 1.54) is 16.0 Å². The Bertz CT molecular complexity index is 874. The van der Waals surface area contributed by atoms with Gasteiger partial charge in [0.1, 0.15) is 5.01 Å². The number of thioether (sulfide) groups is 1. The molecule has 0 aliphatic rings. The van der Waals surface area contributed by atoms with Crippen LogP contribution in [-0.2, 0) is 5.75 Å². The molecule has 0 saturated carbocycles. The normalized spacial score (nSPS) is 10.7. The summed E-state index contributed by atoms with van der Waals surface area (Å²) in [7, 11) is 3.29. The molecule has 0 aliphatic heterocycles. The molecule has 3 rings (SSSR count). The van der Waals surface area contributed by atoms with Crippen LogP contribution in [0.3, 0.4) is 0 Å². The molecule has 5 heteroatoms. The Morgan fingerprint density at radius 2 is 1.80 bits per heavy atom. The highest BCUT2D eigenvalue weighted by atomic mass is 32.2. The first-order chi connectivity index (χ1) is 12.1. The van der Waals surface area contributed by atoms with Gasteiger partial charge in [0, 0.05) is 21.6 Å². The fraction of sp³-hybridized carbons (Fsp3) is 0.250. The number of aromatic nitrogens is 1. The van der Waals surface area contributed by atoms with Crippen LogP contribution in [0.25, 0.3) is 10.6 Å². The topological polar surface area (TPSA) is 31.4 Å². The monoisotopic (exact) mass is 371 g/mol. The number of aryl methyl sites for hydroxylation is 2. The van der Waals surface area contributed by atoms with Crippen LogP contribution < -0.4 is 9.47 Å². The van der Waals surface area contributed by atoms with E-state index in [2.05, 4.69) is 37.4 Å². The van der Waals surface area contributed by atoms with E-state index in [4.69, 9.17) is 14.5 Å². The van der Waals surface area contributed by atoms with Gasteiger partial charge in [0.15, 0.2) is 11.5 Å². The maximum Gasteiger partial charge on any atom is 0.161 e. The molecule has 3 aromatic rings. The SMILES string of the molecule is COc1ccc(-c2nc(CSc3cc(C)ccc3C)cs2)cc1OC. The molecular weight excluding hydrogens is 350 g/mol. The largest absolute Gasteiger partial charge is 0.493 e. The Labute approximate surface area is 157 Å². The number of methoxy groups -OCH3 is 2. The smallest absolute Gasteiger partial charge is 0.161 e. The van der Waals surface area contributed by atoms with E-state index in [0.717, 1.165) is 33.5 Å². The number of rotatable bonds is 6. The van der Waals surface area contributed by atoms with E-state index in [1.54, 1.807) is 25.6 Å². The summed E-state index contributed by atoms with van der Waals surface area (Å²) in [6.07, 6.45) is 0. The second kappa shape index (κ2) is 7.93. The van der Waals surface area contributed by atoms with Crippen molar-refractivity contribution in [2.24, 2.45) is 0 Å². The number of hydrogen-bond donors (Lipinski definition) is 0. The summed E-state index contributed by atoms with van der Waals surface area (Å²) >= 11 is 3.49. The van der Waals surface area contributed by atoms with E-state index in [-0.39, 0.29) is 0 Å². The molecule has 3 nitrogen and oxygen atoms in total. The predicted molar refractivity (Wildman–Crippen MR) is 106 cm³/mol. The van der Waals surface area contributed by atoms with Crippen molar-refractivity contribution < 1.29 is 9.47 Å². The quantitative estimate of drug-likeness (QED) is 0.517. The molecule has 25 heavy (non-hydrogen) atoms. The van der Waals surface area contributed by atoms with E-state index >= 15 is 0 Å². The Morgan fingerprint density at radius 1 is 1.00 bits per heavy atom. The molecular formula is C20H21NO2S2. The second-order valence-electron chi connectivity index (χ2n) is 5.77. The van der Waals surface area contributed by atoms with Gasteiger partial charge in [-0.15, -0.1) is 23.1 Å². The first-order valence-electron chi connectivity index (χ1n) is 7.97. The Morgan fingerprint density at radius 3 is 2.56 bits per heavy atom. The Hall–Kier alpha value is -1.98. The third-order valence-corrected chi connectivity index (χ3v) is 6.03. The van der Waals surface area contributed by atoms with Crippen LogP contribution in [0.4, 0.5) is 0 Å². The number of hydrogen-bond acceptors (Lipinski definition) is 5. The van der Waals surface area contributed by atoms with Crippen molar-refractivity contribution in [2.75, 3.05) is 14.2 Å². The van der Waals surface area contributed by atoms with Gasteiger partial charge in [-0.25, -0.2) is 4.98 Å². The summed E-state index contributed by atoms with van der Waals surface area (Å²) in [6.45, 7) is 4.28. The zero-order chi connectivity index (χ0) is 17.8. The van der Waals surface area contributed by atoms with Gasteiger partial charge in [-0.3, -0.25) is 0 Å². The molecule has 0 saturated heterocycles. The molecule has 130 valence electrons. The average molecular weight is 372 g/mol. The molecule has 0 radical (unpaired) electrons. The summed E-state index contributed by atoms with van der Waals surface area (Å²) in [6, 6.07) is 12.5. The van der Waals surface area contributed by atoms with E-state index in [9.17, 15) is 0 Å². The average Bonchev–Trinajstić information content (AvgIpc) is 3.11. The summed E-state index contributed by atoms with van der Waals surface area (Å²) in [4.78, 5) is 6.10. The van der Waals surface area contributed by atoms with Crippen molar-refractivity contribution >= 4 is 23.1 Å². The first kappa shape index (κ1) is 17.8. The highest BCUT2D eigenvalue weighted by Crippen LogP contribution is 2.34. The third kappa shape index (κ3) is 4.17. The molecule has 1 aromatic heterocycles. The molecule has 0 amide bonds. The summed E-state index contributed by atoms with van der Waals surface area (Å²) in [5, 5.41) is 3.13. The lowest BCUT2D eigenvalue weighted by atomic mass is 10.2. The van der Waals surface area contributed by atoms with Gasteiger partial charge in [0.2, 0.25) is 0 Å². The molecule has 2 aromatic carbocycles. The molecule has 0 spiro atoms. The molecule has 0 fully saturated rings. The van der Waals surface area contributed by atoms with Crippen LogP contribution in [0.2, 0.25) is 0 Å². The standard InChI is InChI=1S/C20H21NO2S2/c1-13-5-6-14(2)19(9-13)24-11-16-12-25-20(21-16)15-7-8-17(22-3)18(10-15)23-4/h5-10,12H,11H2,1-4H3. The van der Waals surface area contributed by atoms with Crippen LogP contribution in [-0.4, -0.2) is 19.2 Å². The first-order valence-corrected chi connectivity index (χ1v) is 9.84. The maximum absolute atomic E-state index is 5.38. The summed E-state index contributed by atoms with van der Waals surface area (Å²) in [5.74, 6) is 2.32. The van der Waals surface area contributed by atoms with Crippen LogP contribution in [0.1, 0.15) is 16.8 Å². The lowest BCUT2D eigenvalue weighted by molar-refractivity contribution is 0.355. The Kier molecular flexibility index (Phi) is 5.66. The van der Waals surface area contributed by atoms with Gasteiger partial charge in [-0.2, -0.15) is 0 Å². The van der Waals surface area contributed by atoms with Crippen molar-refractivity contribution in [3.63, 3.8) is 0 Å². The molecule has 0 N–H and O–H groups in total. The van der Waals surface area contributed by atoms with Gasteiger partial charge in [0.05, 0.1) is 19.9 Å². The van der Waals surface area contributed by atoms with Crippen LogP contribution >= 0.6 is 23.1 Å². The molecule has 0 unspecified atom stereocenters. The van der Waals surface area contributed by atoms with Crippen LogP contribution in [0.5, 0.6) is 11.5 Å². The van der Waals surface area contributed by atoms with Crippen molar-refractivity contribution in [3.05, 3.63) is 58.6 Å². The number of benzene rings is 2. The Balaban J connectivity index is 1.75. The predicted octanol–water partition coefficient (Wildman–Crippen LogP) is 5.74. The number of thiazole rings is 1. The van der Waals surface area contributed by atoms with Gasteiger partial charge in [0.25, 0.3) is 0 Å². The highest BCUT2D eigenvalue weighted by Gasteiger charge is 2.10. The zero-order valence-electron chi connectivity index (χ0n) is 14.8. The number of ether oxygens (including phenoxy) is 2. The lowest BCUT2D eigenvalue weighted by Crippen LogP contribution is -1.91. The summed E-state index contributed by atoms with van der Waals surface area (Å²) in [5.41, 5.74) is 4.75. The van der Waals surface area contributed by atoms with Crippen LogP contribution in [0.15, 0.2) is 46.7 Å².